The van der Waals surface area contributed by atoms with E-state index in [0.717, 1.165) is 24.3 Å². The molecule has 1 aliphatic rings. The first kappa shape index (κ1) is 11.6. The Morgan fingerprint density at radius 1 is 1.62 bits per heavy atom. The van der Waals surface area contributed by atoms with Crippen LogP contribution in [0.25, 0.3) is 0 Å². The highest BCUT2D eigenvalue weighted by molar-refractivity contribution is 7.12. The van der Waals surface area contributed by atoms with Crippen LogP contribution in [0.5, 0.6) is 0 Å². The van der Waals surface area contributed by atoms with Crippen molar-refractivity contribution in [3.63, 3.8) is 0 Å². The molecular weight excluding hydrogens is 220 g/mol. The van der Waals surface area contributed by atoms with Crippen molar-refractivity contribution in [1.82, 2.24) is 4.90 Å². The predicted octanol–water partition coefficient (Wildman–Crippen LogP) is 2.09. The van der Waals surface area contributed by atoms with Gasteiger partial charge in [0.05, 0.1) is 4.88 Å². The maximum absolute atomic E-state index is 10.7. The Morgan fingerprint density at radius 2 is 2.44 bits per heavy atom. The fourth-order valence-corrected chi connectivity index (χ4v) is 3.05. The van der Waals surface area contributed by atoms with E-state index in [1.807, 2.05) is 6.07 Å². The normalized spacial score (nSPS) is 20.7. The van der Waals surface area contributed by atoms with Crippen molar-refractivity contribution in [2.45, 2.75) is 18.9 Å². The molecule has 0 spiro atoms. The highest BCUT2D eigenvalue weighted by Gasteiger charge is 2.25. The van der Waals surface area contributed by atoms with Crippen LogP contribution in [0.15, 0.2) is 11.4 Å². The Bertz CT molecular complexity index is 362. The Labute approximate surface area is 101 Å². The Morgan fingerprint density at radius 3 is 3.06 bits per heavy atom. The maximum atomic E-state index is 10.7. The molecule has 88 valence electrons. The summed E-state index contributed by atoms with van der Waals surface area (Å²) in [4.78, 5) is 16.2. The van der Waals surface area contributed by atoms with E-state index in [2.05, 4.69) is 29.3 Å². The molecule has 1 saturated heterocycles. The highest BCUT2D eigenvalue weighted by Crippen LogP contribution is 2.29. The summed E-state index contributed by atoms with van der Waals surface area (Å²) in [6, 6.07) is 2.61. The maximum Gasteiger partial charge on any atom is 0.160 e. The molecule has 0 saturated carbocycles. The van der Waals surface area contributed by atoms with Gasteiger partial charge in [-0.2, -0.15) is 0 Å². The number of likely N-dealkylation sites (N-methyl/N-ethyl adjacent to an activating group) is 1. The Balaban J connectivity index is 2.09. The zero-order valence-electron chi connectivity index (χ0n) is 9.85. The lowest BCUT2D eigenvalue weighted by Gasteiger charge is -2.28. The van der Waals surface area contributed by atoms with Crippen LogP contribution in [0, 0.1) is 0 Å². The standard InChI is InChI=1S/C12H18N2OS/c1-13(2)7-10-4-3-5-14(10)11-6-12(8-15)16-9-11/h6,8-10H,3-5,7H2,1-2H3. The first-order valence-corrected chi connectivity index (χ1v) is 6.54. The van der Waals surface area contributed by atoms with Crippen molar-refractivity contribution in [2.24, 2.45) is 0 Å². The van der Waals surface area contributed by atoms with Crippen molar-refractivity contribution < 1.29 is 4.79 Å². The van der Waals surface area contributed by atoms with E-state index >= 15 is 0 Å². The number of aldehydes is 1. The van der Waals surface area contributed by atoms with Crippen molar-refractivity contribution in [1.29, 1.82) is 0 Å². The molecule has 0 N–H and O–H groups in total. The van der Waals surface area contributed by atoms with Crippen molar-refractivity contribution >= 4 is 23.3 Å². The lowest BCUT2D eigenvalue weighted by molar-refractivity contribution is 0.112. The van der Waals surface area contributed by atoms with Gasteiger partial charge in [0.2, 0.25) is 0 Å². The number of carbonyl (C=O) groups is 1. The van der Waals surface area contributed by atoms with E-state index < -0.39 is 0 Å². The zero-order valence-corrected chi connectivity index (χ0v) is 10.7. The average Bonchev–Trinajstić information content (AvgIpc) is 2.84. The number of carbonyl (C=O) groups excluding carboxylic acids is 1. The van der Waals surface area contributed by atoms with Gasteiger partial charge in [0.15, 0.2) is 6.29 Å². The lowest BCUT2D eigenvalue weighted by Crippen LogP contribution is -2.37. The van der Waals surface area contributed by atoms with Crippen LogP contribution in [0.1, 0.15) is 22.5 Å². The molecule has 1 aromatic rings. The van der Waals surface area contributed by atoms with Gasteiger partial charge in [-0.25, -0.2) is 0 Å². The van der Waals surface area contributed by atoms with E-state index in [1.165, 1.54) is 29.9 Å². The molecule has 2 rings (SSSR count). The molecule has 0 aliphatic carbocycles. The minimum absolute atomic E-state index is 0.601. The number of thiophene rings is 1. The van der Waals surface area contributed by atoms with Gasteiger partial charge in [0.1, 0.15) is 0 Å². The minimum Gasteiger partial charge on any atom is -0.367 e. The summed E-state index contributed by atoms with van der Waals surface area (Å²) >= 11 is 1.53. The van der Waals surface area contributed by atoms with Crippen molar-refractivity contribution in [3.8, 4) is 0 Å². The first-order valence-electron chi connectivity index (χ1n) is 5.66. The fraction of sp³-hybridized carbons (Fsp3) is 0.583. The Kier molecular flexibility index (Phi) is 3.61. The van der Waals surface area contributed by atoms with Gasteiger partial charge < -0.3 is 9.80 Å². The summed E-state index contributed by atoms with van der Waals surface area (Å²) in [5.74, 6) is 0. The lowest BCUT2D eigenvalue weighted by atomic mass is 10.2. The van der Waals surface area contributed by atoms with Crippen LogP contribution >= 0.6 is 11.3 Å². The van der Waals surface area contributed by atoms with Crippen LogP contribution in [0.4, 0.5) is 5.69 Å². The summed E-state index contributed by atoms with van der Waals surface area (Å²) in [6.45, 7) is 2.21. The molecule has 0 aromatic carbocycles. The third-order valence-corrected chi connectivity index (χ3v) is 3.85. The molecule has 1 unspecified atom stereocenters. The quantitative estimate of drug-likeness (QED) is 0.750. The van der Waals surface area contributed by atoms with E-state index in [9.17, 15) is 4.79 Å². The summed E-state index contributed by atoms with van der Waals surface area (Å²) in [6.07, 6.45) is 3.44. The predicted molar refractivity (Wildman–Crippen MR) is 68.6 cm³/mol. The number of hydrogen-bond acceptors (Lipinski definition) is 4. The summed E-state index contributed by atoms with van der Waals surface area (Å²) in [5.41, 5.74) is 1.22. The molecular formula is C12H18N2OS. The van der Waals surface area contributed by atoms with E-state index in [0.29, 0.717) is 6.04 Å². The molecule has 3 nitrogen and oxygen atoms in total. The molecule has 0 amide bonds. The number of hydrogen-bond donors (Lipinski definition) is 0. The molecule has 1 fully saturated rings. The number of rotatable bonds is 4. The smallest absolute Gasteiger partial charge is 0.160 e. The monoisotopic (exact) mass is 238 g/mol. The van der Waals surface area contributed by atoms with Gasteiger partial charge in [0.25, 0.3) is 0 Å². The molecule has 16 heavy (non-hydrogen) atoms. The van der Waals surface area contributed by atoms with Crippen LogP contribution in [-0.4, -0.2) is 44.4 Å². The molecule has 0 bridgehead atoms. The topological polar surface area (TPSA) is 23.6 Å². The second-order valence-corrected chi connectivity index (χ2v) is 5.52. The largest absolute Gasteiger partial charge is 0.367 e. The molecule has 1 aliphatic heterocycles. The first-order chi connectivity index (χ1) is 7.70. The van der Waals surface area contributed by atoms with Gasteiger partial charge >= 0.3 is 0 Å². The number of anilines is 1. The van der Waals surface area contributed by atoms with E-state index in [1.54, 1.807) is 0 Å². The average molecular weight is 238 g/mol. The summed E-state index contributed by atoms with van der Waals surface area (Å²) in [5, 5.41) is 2.09. The summed E-state index contributed by atoms with van der Waals surface area (Å²) < 4.78 is 0. The zero-order chi connectivity index (χ0) is 11.5. The Hall–Kier alpha value is -0.870. The van der Waals surface area contributed by atoms with Gasteiger partial charge in [0, 0.05) is 30.2 Å². The van der Waals surface area contributed by atoms with Gasteiger partial charge in [-0.1, -0.05) is 0 Å². The van der Waals surface area contributed by atoms with Crippen LogP contribution in [-0.2, 0) is 0 Å². The fourth-order valence-electron chi connectivity index (χ4n) is 2.34. The second-order valence-electron chi connectivity index (χ2n) is 4.58. The van der Waals surface area contributed by atoms with E-state index in [-0.39, 0.29) is 0 Å². The molecule has 2 heterocycles. The van der Waals surface area contributed by atoms with Crippen LogP contribution in [0.2, 0.25) is 0 Å². The van der Waals surface area contributed by atoms with Gasteiger partial charge in [-0.3, -0.25) is 4.79 Å². The third-order valence-electron chi connectivity index (χ3n) is 3.01. The summed E-state index contributed by atoms with van der Waals surface area (Å²) in [7, 11) is 4.22. The van der Waals surface area contributed by atoms with E-state index in [4.69, 9.17) is 0 Å². The van der Waals surface area contributed by atoms with Crippen LogP contribution in [0.3, 0.4) is 0 Å². The second kappa shape index (κ2) is 4.97. The molecule has 1 aromatic heterocycles. The molecule has 4 heteroatoms. The van der Waals surface area contributed by atoms with Gasteiger partial charge in [-0.15, -0.1) is 11.3 Å². The molecule has 0 radical (unpaired) electrons. The number of nitrogens with zero attached hydrogens (tertiary/aromatic N) is 2. The third kappa shape index (κ3) is 2.44. The SMILES string of the molecule is CN(C)CC1CCCN1c1csc(C=O)c1. The van der Waals surface area contributed by atoms with Crippen molar-refractivity contribution in [2.75, 3.05) is 32.1 Å². The molecule has 1 atom stereocenters. The minimum atomic E-state index is 0.601. The van der Waals surface area contributed by atoms with Crippen LogP contribution < -0.4 is 4.90 Å². The highest BCUT2D eigenvalue weighted by atomic mass is 32.1. The van der Waals surface area contributed by atoms with Gasteiger partial charge in [-0.05, 0) is 33.0 Å². The van der Waals surface area contributed by atoms with Crippen molar-refractivity contribution in [3.05, 3.63) is 16.3 Å².